The highest BCUT2D eigenvalue weighted by molar-refractivity contribution is 4.64. The fraction of sp³-hybridized carbons (Fsp3) is 1.00. The highest BCUT2D eigenvalue weighted by Gasteiger charge is 2.03. The van der Waals surface area contributed by atoms with Crippen molar-refractivity contribution in [3.8, 4) is 0 Å². The molecule has 24 heavy (non-hydrogen) atoms. The maximum Gasteiger partial charge on any atom is 0.0788 e. The van der Waals surface area contributed by atoms with Gasteiger partial charge in [-0.3, -0.25) is 0 Å². The predicted molar refractivity (Wildman–Crippen MR) is 106 cm³/mol. The van der Waals surface area contributed by atoms with Crippen LogP contribution in [0.2, 0.25) is 0 Å². The van der Waals surface area contributed by atoms with Crippen LogP contribution >= 0.6 is 0 Å². The molecule has 0 radical (unpaired) electrons. The number of nitrogens with zero attached hydrogens (tertiary/aromatic N) is 2. The van der Waals surface area contributed by atoms with Gasteiger partial charge in [-0.25, -0.2) is 0 Å². The summed E-state index contributed by atoms with van der Waals surface area (Å²) in [5, 5.41) is 16.7. The molecule has 0 amide bonds. The molecule has 0 aliphatic carbocycles. The van der Waals surface area contributed by atoms with Gasteiger partial charge in [0.25, 0.3) is 0 Å². The average molecular weight is 345 g/mol. The number of nitrogens with one attached hydrogen (secondary N) is 2. The van der Waals surface area contributed by atoms with E-state index >= 15 is 0 Å². The lowest BCUT2D eigenvalue weighted by atomic mass is 10.2. The minimum Gasteiger partial charge on any atom is -0.390 e. The first-order valence-electron chi connectivity index (χ1n) is 10.2. The summed E-state index contributed by atoms with van der Waals surface area (Å²) >= 11 is 0. The zero-order valence-electron chi connectivity index (χ0n) is 16.8. The second-order valence-electron chi connectivity index (χ2n) is 6.53. The predicted octanol–water partition coefficient (Wildman–Crippen LogP) is 1.77. The highest BCUT2D eigenvalue weighted by atomic mass is 16.3. The summed E-state index contributed by atoms with van der Waals surface area (Å²) in [5.41, 5.74) is 0. The van der Waals surface area contributed by atoms with Crippen LogP contribution in [0.15, 0.2) is 0 Å². The van der Waals surface area contributed by atoms with Gasteiger partial charge in [-0.2, -0.15) is 0 Å². The van der Waals surface area contributed by atoms with Crippen LogP contribution in [-0.4, -0.2) is 86.5 Å². The molecule has 0 rings (SSSR count). The van der Waals surface area contributed by atoms with E-state index in [9.17, 15) is 5.11 Å². The Hall–Kier alpha value is -0.200. The molecule has 0 aliphatic rings. The quantitative estimate of drug-likeness (QED) is 0.331. The molecule has 0 fully saturated rings. The van der Waals surface area contributed by atoms with E-state index in [1.54, 1.807) is 0 Å². The molecule has 0 aromatic heterocycles. The van der Waals surface area contributed by atoms with Gasteiger partial charge in [0.05, 0.1) is 6.10 Å². The van der Waals surface area contributed by atoms with Crippen LogP contribution in [0.3, 0.4) is 0 Å². The molecule has 0 saturated carbocycles. The third-order valence-electron chi connectivity index (χ3n) is 4.70. The Morgan fingerprint density at radius 3 is 1.38 bits per heavy atom. The summed E-state index contributed by atoms with van der Waals surface area (Å²) in [4.78, 5) is 4.91. The van der Waals surface area contributed by atoms with Gasteiger partial charge < -0.3 is 25.5 Å². The Labute approximate surface area is 151 Å². The molecule has 0 unspecified atom stereocenters. The molecule has 0 aromatic carbocycles. The maximum absolute atomic E-state index is 9.95. The zero-order valence-corrected chi connectivity index (χ0v) is 16.8. The van der Waals surface area contributed by atoms with E-state index in [0.29, 0.717) is 13.1 Å². The summed E-state index contributed by atoms with van der Waals surface area (Å²) in [6.45, 7) is 19.2. The monoisotopic (exact) mass is 344 g/mol. The summed E-state index contributed by atoms with van der Waals surface area (Å²) in [5.74, 6) is 0. The molecule has 0 saturated heterocycles. The third kappa shape index (κ3) is 14.2. The van der Waals surface area contributed by atoms with Crippen molar-refractivity contribution >= 4 is 0 Å². The largest absolute Gasteiger partial charge is 0.390 e. The van der Waals surface area contributed by atoms with Crippen LogP contribution < -0.4 is 10.6 Å². The number of hydrogen-bond acceptors (Lipinski definition) is 5. The first-order valence-corrected chi connectivity index (χ1v) is 10.2. The fourth-order valence-electron chi connectivity index (χ4n) is 2.86. The van der Waals surface area contributed by atoms with E-state index < -0.39 is 0 Å². The standard InChI is InChI=1S/C19H44N4O/c1-5-22(6-2)15-11-9-13-20-17-19(24)18-21-14-10-12-16-23(7-3)8-4/h19-21,24H,5-18H2,1-4H3. The summed E-state index contributed by atoms with van der Waals surface area (Å²) in [6.07, 6.45) is 4.55. The second kappa shape index (κ2) is 17.6. The van der Waals surface area contributed by atoms with E-state index in [2.05, 4.69) is 48.1 Å². The van der Waals surface area contributed by atoms with Gasteiger partial charge in [-0.15, -0.1) is 0 Å². The Balaban J connectivity index is 3.34. The van der Waals surface area contributed by atoms with Crippen molar-refractivity contribution in [1.29, 1.82) is 0 Å². The molecule has 146 valence electrons. The summed E-state index contributed by atoms with van der Waals surface area (Å²) in [7, 11) is 0. The van der Waals surface area contributed by atoms with Crippen molar-refractivity contribution in [3.63, 3.8) is 0 Å². The summed E-state index contributed by atoms with van der Waals surface area (Å²) < 4.78 is 0. The number of aliphatic hydroxyl groups excluding tert-OH is 1. The highest BCUT2D eigenvalue weighted by Crippen LogP contribution is 1.95. The van der Waals surface area contributed by atoms with Gasteiger partial charge >= 0.3 is 0 Å². The van der Waals surface area contributed by atoms with Crippen LogP contribution in [0.25, 0.3) is 0 Å². The lowest BCUT2D eigenvalue weighted by Gasteiger charge is -2.18. The Kier molecular flexibility index (Phi) is 17.5. The Morgan fingerprint density at radius 1 is 0.667 bits per heavy atom. The Morgan fingerprint density at radius 2 is 1.04 bits per heavy atom. The van der Waals surface area contributed by atoms with Crippen molar-refractivity contribution in [3.05, 3.63) is 0 Å². The maximum atomic E-state index is 9.95. The van der Waals surface area contributed by atoms with Gasteiger partial charge in [0.15, 0.2) is 0 Å². The molecule has 0 spiro atoms. The van der Waals surface area contributed by atoms with Crippen LogP contribution in [0.1, 0.15) is 53.4 Å². The molecule has 0 aromatic rings. The molecular formula is C19H44N4O. The van der Waals surface area contributed by atoms with Crippen molar-refractivity contribution < 1.29 is 5.11 Å². The van der Waals surface area contributed by atoms with Crippen molar-refractivity contribution in [2.24, 2.45) is 0 Å². The molecule has 0 bridgehead atoms. The average Bonchev–Trinajstić information content (AvgIpc) is 2.60. The Bertz CT molecular complexity index is 222. The molecule has 0 heterocycles. The molecule has 0 aliphatic heterocycles. The fourth-order valence-corrected chi connectivity index (χ4v) is 2.86. The van der Waals surface area contributed by atoms with E-state index in [0.717, 1.165) is 39.3 Å². The smallest absolute Gasteiger partial charge is 0.0788 e. The minimum atomic E-state index is -0.282. The SMILES string of the molecule is CCN(CC)CCCCNCC(O)CNCCCCN(CC)CC. The lowest BCUT2D eigenvalue weighted by Crippen LogP contribution is -2.36. The zero-order chi connectivity index (χ0) is 18.0. The first kappa shape index (κ1) is 23.8. The third-order valence-corrected chi connectivity index (χ3v) is 4.70. The van der Waals surface area contributed by atoms with Crippen LogP contribution in [0.5, 0.6) is 0 Å². The normalized spacial score (nSPS) is 12.0. The van der Waals surface area contributed by atoms with Gasteiger partial charge in [-0.1, -0.05) is 27.7 Å². The number of unbranched alkanes of at least 4 members (excludes halogenated alkanes) is 2. The molecule has 5 nitrogen and oxygen atoms in total. The van der Waals surface area contributed by atoms with E-state index in [1.807, 2.05) is 0 Å². The van der Waals surface area contributed by atoms with E-state index in [4.69, 9.17) is 0 Å². The van der Waals surface area contributed by atoms with Gasteiger partial charge in [0.1, 0.15) is 0 Å². The second-order valence-corrected chi connectivity index (χ2v) is 6.53. The van der Waals surface area contributed by atoms with Gasteiger partial charge in [0.2, 0.25) is 0 Å². The molecule has 3 N–H and O–H groups in total. The van der Waals surface area contributed by atoms with Gasteiger partial charge in [0, 0.05) is 13.1 Å². The molecule has 0 atom stereocenters. The minimum absolute atomic E-state index is 0.282. The van der Waals surface area contributed by atoms with Crippen LogP contribution in [0.4, 0.5) is 0 Å². The van der Waals surface area contributed by atoms with Crippen molar-refractivity contribution in [2.45, 2.75) is 59.5 Å². The van der Waals surface area contributed by atoms with E-state index in [1.165, 1.54) is 38.8 Å². The van der Waals surface area contributed by atoms with Crippen molar-refractivity contribution in [2.75, 3.05) is 65.4 Å². The molecular weight excluding hydrogens is 300 g/mol. The van der Waals surface area contributed by atoms with Gasteiger partial charge in [-0.05, 0) is 78.0 Å². The molecule has 5 heteroatoms. The topological polar surface area (TPSA) is 50.8 Å². The first-order chi connectivity index (χ1) is 11.7. The summed E-state index contributed by atoms with van der Waals surface area (Å²) in [6, 6.07) is 0. The lowest BCUT2D eigenvalue weighted by molar-refractivity contribution is 0.168. The van der Waals surface area contributed by atoms with Crippen LogP contribution in [-0.2, 0) is 0 Å². The number of aliphatic hydroxyl groups is 1. The number of hydrogen-bond donors (Lipinski definition) is 3. The van der Waals surface area contributed by atoms with Crippen LogP contribution in [0, 0.1) is 0 Å². The van der Waals surface area contributed by atoms with Crippen molar-refractivity contribution in [1.82, 2.24) is 20.4 Å². The number of rotatable bonds is 18. The van der Waals surface area contributed by atoms with E-state index in [-0.39, 0.29) is 6.10 Å².